The van der Waals surface area contributed by atoms with E-state index >= 15 is 0 Å². The van der Waals surface area contributed by atoms with Gasteiger partial charge in [-0.05, 0) is 11.1 Å². The topological polar surface area (TPSA) is 105 Å². The Balaban J connectivity index is 1.59. The van der Waals surface area contributed by atoms with Gasteiger partial charge in [0.15, 0.2) is 0 Å². The summed E-state index contributed by atoms with van der Waals surface area (Å²) in [6, 6.07) is 18.0. The number of carbonyl (C=O) groups excluding carboxylic acids is 1. The number of hydrogen-bond donors (Lipinski definition) is 2. The number of carboxylic acids is 1. The first-order chi connectivity index (χ1) is 14.5. The minimum atomic E-state index is -1.11. The SMILES string of the molecule is N[C@@H](CC1=CN(C(=O)OCc2ccccc2)CN1COCc1ccccc1)C(=O)O. The molecule has 0 unspecified atom stereocenters. The minimum absolute atomic E-state index is 0.0759. The molecule has 0 radical (unpaired) electrons. The summed E-state index contributed by atoms with van der Waals surface area (Å²) in [5.74, 6) is -1.11. The van der Waals surface area contributed by atoms with Gasteiger partial charge in [0.2, 0.25) is 0 Å². The van der Waals surface area contributed by atoms with E-state index in [-0.39, 0.29) is 26.4 Å². The van der Waals surface area contributed by atoms with Crippen LogP contribution in [-0.4, -0.2) is 46.4 Å². The average Bonchev–Trinajstić information content (AvgIpc) is 3.16. The van der Waals surface area contributed by atoms with Crippen molar-refractivity contribution in [2.24, 2.45) is 5.73 Å². The standard InChI is InChI=1S/C22H25N3O5/c23-20(21(26)27)11-19-12-24(22(28)30-14-18-9-5-2-6-10-18)15-25(19)16-29-13-17-7-3-1-4-8-17/h1-10,12,20H,11,13-16,23H2,(H,26,27)/t20-/m0/s1. The largest absolute Gasteiger partial charge is 0.480 e. The lowest BCUT2D eigenvalue weighted by Gasteiger charge is -2.23. The Labute approximate surface area is 175 Å². The number of carbonyl (C=O) groups is 2. The lowest BCUT2D eigenvalue weighted by atomic mass is 10.2. The Bertz CT molecular complexity index is 873. The summed E-state index contributed by atoms with van der Waals surface area (Å²) in [4.78, 5) is 26.8. The van der Waals surface area contributed by atoms with Crippen LogP contribution in [0.15, 0.2) is 72.6 Å². The molecule has 8 heteroatoms. The van der Waals surface area contributed by atoms with Crippen molar-refractivity contribution in [2.45, 2.75) is 25.7 Å². The summed E-state index contributed by atoms with van der Waals surface area (Å²) in [7, 11) is 0. The van der Waals surface area contributed by atoms with Gasteiger partial charge in [-0.1, -0.05) is 60.7 Å². The van der Waals surface area contributed by atoms with E-state index < -0.39 is 18.1 Å². The molecule has 2 aromatic rings. The fourth-order valence-corrected chi connectivity index (χ4v) is 2.96. The Morgan fingerprint density at radius 1 is 1.00 bits per heavy atom. The molecule has 0 saturated carbocycles. The van der Waals surface area contributed by atoms with E-state index in [4.69, 9.17) is 20.3 Å². The van der Waals surface area contributed by atoms with Crippen LogP contribution in [0.2, 0.25) is 0 Å². The molecule has 0 aliphatic carbocycles. The Morgan fingerprint density at radius 3 is 2.20 bits per heavy atom. The molecule has 1 atom stereocenters. The Morgan fingerprint density at radius 2 is 1.60 bits per heavy atom. The molecule has 0 fully saturated rings. The minimum Gasteiger partial charge on any atom is -0.480 e. The Kier molecular flexibility index (Phi) is 7.42. The van der Waals surface area contributed by atoms with Gasteiger partial charge in [0.1, 0.15) is 26.0 Å². The maximum absolute atomic E-state index is 12.5. The van der Waals surface area contributed by atoms with Crippen molar-refractivity contribution < 1.29 is 24.2 Å². The highest BCUT2D eigenvalue weighted by molar-refractivity contribution is 5.74. The number of aliphatic carboxylic acids is 1. The van der Waals surface area contributed by atoms with Crippen LogP contribution < -0.4 is 5.73 Å². The molecule has 2 aromatic carbocycles. The van der Waals surface area contributed by atoms with Crippen LogP contribution in [0.5, 0.6) is 0 Å². The number of nitrogens with zero attached hydrogens (tertiary/aromatic N) is 2. The van der Waals surface area contributed by atoms with Gasteiger partial charge in [-0.15, -0.1) is 0 Å². The first-order valence-corrected chi connectivity index (χ1v) is 9.56. The van der Waals surface area contributed by atoms with Crippen LogP contribution in [-0.2, 0) is 27.5 Å². The first kappa shape index (κ1) is 21.4. The van der Waals surface area contributed by atoms with Crippen molar-refractivity contribution >= 4 is 12.1 Å². The van der Waals surface area contributed by atoms with Crippen LogP contribution in [0.3, 0.4) is 0 Å². The van der Waals surface area contributed by atoms with Crippen LogP contribution in [0.4, 0.5) is 4.79 Å². The molecule has 8 nitrogen and oxygen atoms in total. The van der Waals surface area contributed by atoms with Gasteiger partial charge in [0, 0.05) is 18.3 Å². The van der Waals surface area contributed by atoms with Crippen molar-refractivity contribution in [1.29, 1.82) is 0 Å². The number of carboxylic acid groups (broad SMARTS) is 1. The lowest BCUT2D eigenvalue weighted by molar-refractivity contribution is -0.138. The smallest absolute Gasteiger partial charge is 0.415 e. The molecule has 0 aromatic heterocycles. The van der Waals surface area contributed by atoms with E-state index in [9.17, 15) is 9.59 Å². The Hall–Kier alpha value is -3.36. The summed E-state index contributed by atoms with van der Waals surface area (Å²) < 4.78 is 11.1. The summed E-state index contributed by atoms with van der Waals surface area (Å²) in [5.41, 5.74) is 8.20. The van der Waals surface area contributed by atoms with Crippen molar-refractivity contribution in [3.63, 3.8) is 0 Å². The monoisotopic (exact) mass is 411 g/mol. The predicted molar refractivity (Wildman–Crippen MR) is 110 cm³/mol. The molecule has 1 aliphatic heterocycles. The molecular weight excluding hydrogens is 386 g/mol. The zero-order valence-corrected chi connectivity index (χ0v) is 16.5. The van der Waals surface area contributed by atoms with Crippen LogP contribution in [0.25, 0.3) is 0 Å². The third-order valence-electron chi connectivity index (χ3n) is 4.58. The van der Waals surface area contributed by atoms with E-state index in [2.05, 4.69) is 0 Å². The number of rotatable bonds is 9. The molecular formula is C22H25N3O5. The molecule has 0 saturated heterocycles. The van der Waals surface area contributed by atoms with Gasteiger partial charge in [-0.3, -0.25) is 9.69 Å². The first-order valence-electron chi connectivity index (χ1n) is 9.56. The molecule has 1 aliphatic rings. The quantitative estimate of drug-likeness (QED) is 0.654. The summed E-state index contributed by atoms with van der Waals surface area (Å²) >= 11 is 0. The predicted octanol–water partition coefficient (Wildman–Crippen LogP) is 2.72. The van der Waals surface area contributed by atoms with Gasteiger partial charge in [0.05, 0.1) is 6.61 Å². The summed E-state index contributed by atoms with van der Waals surface area (Å²) in [5, 5.41) is 9.13. The van der Waals surface area contributed by atoms with Crippen LogP contribution in [0.1, 0.15) is 17.5 Å². The molecule has 1 heterocycles. The zero-order valence-electron chi connectivity index (χ0n) is 16.5. The number of ether oxygens (including phenoxy) is 2. The van der Waals surface area contributed by atoms with Gasteiger partial charge in [0.25, 0.3) is 0 Å². The molecule has 3 N–H and O–H groups in total. The van der Waals surface area contributed by atoms with Gasteiger partial charge in [-0.2, -0.15) is 0 Å². The highest BCUT2D eigenvalue weighted by Crippen LogP contribution is 2.21. The number of benzene rings is 2. The van der Waals surface area contributed by atoms with Gasteiger partial charge < -0.3 is 25.2 Å². The van der Waals surface area contributed by atoms with E-state index in [1.54, 1.807) is 11.1 Å². The van der Waals surface area contributed by atoms with Crippen molar-refractivity contribution in [3.05, 3.63) is 83.7 Å². The van der Waals surface area contributed by atoms with Gasteiger partial charge >= 0.3 is 12.1 Å². The van der Waals surface area contributed by atoms with E-state index in [1.165, 1.54) is 4.90 Å². The number of amides is 1. The molecule has 158 valence electrons. The lowest BCUT2D eigenvalue weighted by Crippen LogP contribution is -2.35. The molecule has 30 heavy (non-hydrogen) atoms. The molecule has 0 spiro atoms. The van der Waals surface area contributed by atoms with Crippen molar-refractivity contribution in [1.82, 2.24) is 9.80 Å². The normalized spacial score (nSPS) is 14.4. The second-order valence-corrected chi connectivity index (χ2v) is 6.92. The number of hydrogen-bond acceptors (Lipinski definition) is 6. The maximum Gasteiger partial charge on any atom is 0.415 e. The highest BCUT2D eigenvalue weighted by atomic mass is 16.6. The fourth-order valence-electron chi connectivity index (χ4n) is 2.96. The second-order valence-electron chi connectivity index (χ2n) is 6.92. The van der Waals surface area contributed by atoms with Crippen LogP contribution in [0, 0.1) is 0 Å². The fraction of sp³-hybridized carbons (Fsp3) is 0.273. The van der Waals surface area contributed by atoms with Gasteiger partial charge in [-0.25, -0.2) is 4.79 Å². The van der Waals surface area contributed by atoms with E-state index in [0.717, 1.165) is 11.1 Å². The van der Waals surface area contributed by atoms with Crippen molar-refractivity contribution in [2.75, 3.05) is 13.4 Å². The molecule has 1 amide bonds. The summed E-state index contributed by atoms with van der Waals surface area (Å²) in [6.07, 6.45) is 1.12. The third kappa shape index (κ3) is 6.07. The second kappa shape index (κ2) is 10.4. The highest BCUT2D eigenvalue weighted by Gasteiger charge is 2.28. The average molecular weight is 411 g/mol. The third-order valence-corrected chi connectivity index (χ3v) is 4.58. The van der Waals surface area contributed by atoms with E-state index in [1.807, 2.05) is 60.7 Å². The maximum atomic E-state index is 12.5. The molecule has 0 bridgehead atoms. The zero-order chi connectivity index (χ0) is 21.3. The summed E-state index contributed by atoms with van der Waals surface area (Å²) in [6.45, 7) is 0.937. The van der Waals surface area contributed by atoms with Crippen molar-refractivity contribution in [3.8, 4) is 0 Å². The molecule has 3 rings (SSSR count). The number of nitrogens with two attached hydrogens (primary N) is 1. The van der Waals surface area contributed by atoms with Crippen LogP contribution >= 0.6 is 0 Å². The van der Waals surface area contributed by atoms with E-state index in [0.29, 0.717) is 12.3 Å².